The van der Waals surface area contributed by atoms with Crippen LogP contribution in [0.4, 0.5) is 30.4 Å². The van der Waals surface area contributed by atoms with Crippen molar-refractivity contribution in [2.45, 2.75) is 6.18 Å². The minimum atomic E-state index is -4.57. The molecule has 1 heterocycles. The number of amides is 1. The van der Waals surface area contributed by atoms with Gasteiger partial charge in [0, 0.05) is 23.5 Å². The van der Waals surface area contributed by atoms with Crippen LogP contribution in [-0.2, 0) is 6.18 Å². The molecule has 144 valence electrons. The lowest BCUT2D eigenvalue weighted by atomic mass is 10.1. The van der Waals surface area contributed by atoms with Crippen LogP contribution in [0.15, 0.2) is 66.9 Å². The van der Waals surface area contributed by atoms with E-state index in [2.05, 4.69) is 15.6 Å². The average molecular weight is 387 g/mol. The lowest BCUT2D eigenvalue weighted by Gasteiger charge is -2.14. The van der Waals surface area contributed by atoms with Gasteiger partial charge in [-0.2, -0.15) is 13.2 Å². The molecule has 0 radical (unpaired) electrons. The molecule has 1 amide bonds. The van der Waals surface area contributed by atoms with Gasteiger partial charge in [-0.15, -0.1) is 0 Å². The minimum Gasteiger partial charge on any atom is -0.497 e. The normalized spacial score (nSPS) is 11.0. The third kappa shape index (κ3) is 4.59. The van der Waals surface area contributed by atoms with Gasteiger partial charge in [0.2, 0.25) is 0 Å². The number of aromatic nitrogens is 1. The van der Waals surface area contributed by atoms with Crippen LogP contribution in [0.1, 0.15) is 15.9 Å². The molecule has 0 saturated carbocycles. The predicted molar refractivity (Wildman–Crippen MR) is 99.9 cm³/mol. The van der Waals surface area contributed by atoms with Gasteiger partial charge < -0.3 is 15.4 Å². The summed E-state index contributed by atoms with van der Waals surface area (Å²) in [4.78, 5) is 16.6. The van der Waals surface area contributed by atoms with Crippen molar-refractivity contribution in [3.05, 3.63) is 78.0 Å². The summed E-state index contributed by atoms with van der Waals surface area (Å²) in [5.74, 6) is 0.334. The van der Waals surface area contributed by atoms with Gasteiger partial charge in [0.05, 0.1) is 18.4 Å². The maximum atomic E-state index is 13.1. The number of hydrogen-bond donors (Lipinski definition) is 2. The molecular weight excluding hydrogens is 371 g/mol. The van der Waals surface area contributed by atoms with Crippen molar-refractivity contribution in [2.24, 2.45) is 0 Å². The van der Waals surface area contributed by atoms with E-state index < -0.39 is 17.6 Å². The number of carbonyl (C=O) groups excluding carboxylic acids is 1. The van der Waals surface area contributed by atoms with E-state index in [0.717, 1.165) is 6.07 Å². The Bertz CT molecular complexity index is 990. The van der Waals surface area contributed by atoms with Crippen molar-refractivity contribution >= 4 is 23.1 Å². The summed E-state index contributed by atoms with van der Waals surface area (Å²) in [5.41, 5.74) is -0.365. The van der Waals surface area contributed by atoms with Crippen molar-refractivity contribution < 1.29 is 22.7 Å². The maximum Gasteiger partial charge on any atom is 0.418 e. The Balaban J connectivity index is 1.80. The van der Waals surface area contributed by atoms with Crippen LogP contribution in [0.5, 0.6) is 5.75 Å². The number of nitrogens with zero attached hydrogens (tertiary/aromatic N) is 1. The molecular formula is C20H16F3N3O2. The Morgan fingerprint density at radius 3 is 2.57 bits per heavy atom. The number of halogens is 3. The molecule has 2 aromatic carbocycles. The zero-order valence-corrected chi connectivity index (χ0v) is 14.7. The Morgan fingerprint density at radius 1 is 1.04 bits per heavy atom. The summed E-state index contributed by atoms with van der Waals surface area (Å²) in [6.45, 7) is 0. The molecule has 0 fully saturated rings. The molecule has 0 aliphatic carbocycles. The van der Waals surface area contributed by atoms with E-state index in [-0.39, 0.29) is 11.3 Å². The van der Waals surface area contributed by atoms with E-state index in [9.17, 15) is 18.0 Å². The number of methoxy groups -OCH3 is 1. The van der Waals surface area contributed by atoms with Crippen molar-refractivity contribution in [3.63, 3.8) is 0 Å². The number of benzene rings is 2. The SMILES string of the molecule is COc1cccc(Nc2cc(C(=O)Nc3ccccc3C(F)(F)F)ccn2)c1. The van der Waals surface area contributed by atoms with Crippen LogP contribution in [0, 0.1) is 0 Å². The second kappa shape index (κ2) is 7.99. The molecule has 0 atom stereocenters. The molecule has 1 aromatic heterocycles. The van der Waals surface area contributed by atoms with Crippen LogP contribution >= 0.6 is 0 Å². The zero-order valence-electron chi connectivity index (χ0n) is 14.7. The monoisotopic (exact) mass is 387 g/mol. The Hall–Kier alpha value is -3.55. The van der Waals surface area contributed by atoms with E-state index >= 15 is 0 Å². The smallest absolute Gasteiger partial charge is 0.418 e. The predicted octanol–water partition coefficient (Wildman–Crippen LogP) is 5.10. The van der Waals surface area contributed by atoms with Gasteiger partial charge in [-0.25, -0.2) is 4.98 Å². The van der Waals surface area contributed by atoms with Crippen molar-refractivity contribution in [1.82, 2.24) is 4.98 Å². The third-order valence-electron chi connectivity index (χ3n) is 3.84. The second-order valence-electron chi connectivity index (χ2n) is 5.78. The molecule has 28 heavy (non-hydrogen) atoms. The fraction of sp³-hybridized carbons (Fsp3) is 0.100. The number of para-hydroxylation sites is 1. The summed E-state index contributed by atoms with van der Waals surface area (Å²) < 4.78 is 44.4. The average Bonchev–Trinajstić information content (AvgIpc) is 2.68. The van der Waals surface area contributed by atoms with E-state index in [1.807, 2.05) is 0 Å². The highest BCUT2D eigenvalue weighted by Crippen LogP contribution is 2.34. The third-order valence-corrected chi connectivity index (χ3v) is 3.84. The highest BCUT2D eigenvalue weighted by Gasteiger charge is 2.33. The van der Waals surface area contributed by atoms with E-state index in [1.54, 1.807) is 31.4 Å². The summed E-state index contributed by atoms with van der Waals surface area (Å²) in [7, 11) is 1.54. The zero-order chi connectivity index (χ0) is 20.1. The van der Waals surface area contributed by atoms with Crippen LogP contribution in [0.2, 0.25) is 0 Å². The van der Waals surface area contributed by atoms with Gasteiger partial charge in [-0.3, -0.25) is 4.79 Å². The second-order valence-corrected chi connectivity index (χ2v) is 5.78. The van der Waals surface area contributed by atoms with Crippen molar-refractivity contribution in [2.75, 3.05) is 17.7 Å². The Labute approximate surface area is 159 Å². The number of hydrogen-bond acceptors (Lipinski definition) is 4. The number of nitrogens with one attached hydrogen (secondary N) is 2. The number of rotatable bonds is 5. The van der Waals surface area contributed by atoms with Crippen molar-refractivity contribution in [3.8, 4) is 5.75 Å². The van der Waals surface area contributed by atoms with Crippen LogP contribution in [-0.4, -0.2) is 18.0 Å². The molecule has 2 N–H and O–H groups in total. The van der Waals surface area contributed by atoms with Gasteiger partial charge in [-0.1, -0.05) is 18.2 Å². The lowest BCUT2D eigenvalue weighted by Crippen LogP contribution is -2.16. The first-order valence-corrected chi connectivity index (χ1v) is 8.21. The number of alkyl halides is 3. The van der Waals surface area contributed by atoms with Gasteiger partial charge in [0.25, 0.3) is 5.91 Å². The number of ether oxygens (including phenoxy) is 1. The highest BCUT2D eigenvalue weighted by atomic mass is 19.4. The molecule has 0 unspecified atom stereocenters. The number of anilines is 3. The van der Waals surface area contributed by atoms with E-state index in [0.29, 0.717) is 17.3 Å². The summed E-state index contributed by atoms with van der Waals surface area (Å²) in [6.07, 6.45) is -3.17. The van der Waals surface area contributed by atoms with E-state index in [1.165, 1.54) is 36.5 Å². The molecule has 8 heteroatoms. The molecule has 0 saturated heterocycles. The molecule has 0 spiro atoms. The van der Waals surface area contributed by atoms with Gasteiger partial charge in [-0.05, 0) is 36.4 Å². The number of carbonyl (C=O) groups is 1. The Morgan fingerprint density at radius 2 is 1.82 bits per heavy atom. The Kier molecular flexibility index (Phi) is 5.49. The topological polar surface area (TPSA) is 63.2 Å². The minimum absolute atomic E-state index is 0.164. The molecule has 5 nitrogen and oxygen atoms in total. The first-order valence-electron chi connectivity index (χ1n) is 8.21. The van der Waals surface area contributed by atoms with Crippen LogP contribution in [0.3, 0.4) is 0 Å². The summed E-state index contributed by atoms with van der Waals surface area (Å²) in [6, 6.07) is 14.8. The molecule has 3 rings (SSSR count). The van der Waals surface area contributed by atoms with Gasteiger partial charge >= 0.3 is 6.18 Å². The first kappa shape index (κ1) is 19.2. The molecule has 0 aliphatic rings. The summed E-state index contributed by atoms with van der Waals surface area (Å²) in [5, 5.41) is 5.33. The van der Waals surface area contributed by atoms with Crippen LogP contribution < -0.4 is 15.4 Å². The first-order chi connectivity index (χ1) is 13.4. The van der Waals surface area contributed by atoms with Crippen molar-refractivity contribution in [1.29, 1.82) is 0 Å². The highest BCUT2D eigenvalue weighted by molar-refractivity contribution is 6.05. The standard InChI is InChI=1S/C20H16F3N3O2/c1-28-15-6-4-5-14(12-15)25-18-11-13(9-10-24-18)19(27)26-17-8-3-2-7-16(17)20(21,22)23/h2-12H,1H3,(H,24,25)(H,26,27). The summed E-state index contributed by atoms with van der Waals surface area (Å²) >= 11 is 0. The van der Waals surface area contributed by atoms with Gasteiger partial charge in [0.1, 0.15) is 11.6 Å². The molecule has 0 aliphatic heterocycles. The lowest BCUT2D eigenvalue weighted by molar-refractivity contribution is -0.136. The van der Waals surface area contributed by atoms with Gasteiger partial charge in [0.15, 0.2) is 0 Å². The van der Waals surface area contributed by atoms with E-state index in [4.69, 9.17) is 4.74 Å². The van der Waals surface area contributed by atoms with Crippen LogP contribution in [0.25, 0.3) is 0 Å². The maximum absolute atomic E-state index is 13.1. The molecule has 3 aromatic rings. The molecule has 0 bridgehead atoms. The number of pyridine rings is 1. The largest absolute Gasteiger partial charge is 0.497 e. The fourth-order valence-corrected chi connectivity index (χ4v) is 2.52. The fourth-order valence-electron chi connectivity index (χ4n) is 2.52. The quantitative estimate of drug-likeness (QED) is 0.639.